The molecule has 1 aliphatic heterocycles. The second-order valence-electron chi connectivity index (χ2n) is 4.86. The van der Waals surface area contributed by atoms with E-state index < -0.39 is 5.97 Å². The van der Waals surface area contributed by atoms with Gasteiger partial charge >= 0.3 is 12.0 Å². The molecule has 21 heavy (non-hydrogen) atoms. The van der Waals surface area contributed by atoms with E-state index in [-0.39, 0.29) is 11.7 Å². The minimum absolute atomic E-state index is 0.112. The number of hydrogen-bond acceptors (Lipinski definition) is 5. The average molecular weight is 297 g/mol. The molecule has 0 unspecified atom stereocenters. The van der Waals surface area contributed by atoms with Crippen LogP contribution in [0.2, 0.25) is 0 Å². The number of urea groups is 1. The number of ether oxygens (including phenoxy) is 1. The maximum Gasteiger partial charge on any atom is 0.358 e. The van der Waals surface area contributed by atoms with E-state index in [4.69, 9.17) is 9.84 Å². The molecule has 9 heteroatoms. The van der Waals surface area contributed by atoms with Gasteiger partial charge in [0.05, 0.1) is 12.7 Å². The van der Waals surface area contributed by atoms with Gasteiger partial charge in [-0.25, -0.2) is 14.3 Å². The Morgan fingerprint density at radius 2 is 2.14 bits per heavy atom. The molecule has 2 heterocycles. The number of carboxylic acids is 1. The number of nitrogens with zero attached hydrogens (tertiary/aromatic N) is 3. The molecule has 0 radical (unpaired) electrons. The molecule has 1 saturated heterocycles. The van der Waals surface area contributed by atoms with Gasteiger partial charge < -0.3 is 20.5 Å². The van der Waals surface area contributed by atoms with E-state index in [0.29, 0.717) is 25.6 Å². The molecular weight excluding hydrogens is 278 g/mol. The second-order valence-corrected chi connectivity index (χ2v) is 4.86. The van der Waals surface area contributed by atoms with Gasteiger partial charge in [0.25, 0.3) is 0 Å². The average Bonchev–Trinajstić information content (AvgIpc) is 2.95. The molecule has 3 N–H and O–H groups in total. The standard InChI is InChI=1S/C12H19N5O4/c18-11(19)10-8-17(16-15-10)4-3-13-12(20)14-7-9-1-5-21-6-2-9/h8-9H,1-7H2,(H,18,19)(H2,13,14,20). The van der Waals surface area contributed by atoms with Crippen LogP contribution in [0.3, 0.4) is 0 Å². The molecule has 0 spiro atoms. The van der Waals surface area contributed by atoms with Crippen molar-refractivity contribution in [2.24, 2.45) is 5.92 Å². The van der Waals surface area contributed by atoms with Crippen LogP contribution in [-0.2, 0) is 11.3 Å². The molecule has 2 rings (SSSR count). The van der Waals surface area contributed by atoms with Crippen LogP contribution in [-0.4, -0.2) is 58.4 Å². The van der Waals surface area contributed by atoms with Gasteiger partial charge in [-0.05, 0) is 18.8 Å². The zero-order valence-corrected chi connectivity index (χ0v) is 11.6. The van der Waals surface area contributed by atoms with Gasteiger partial charge in [-0.15, -0.1) is 5.10 Å². The summed E-state index contributed by atoms with van der Waals surface area (Å²) in [5, 5.41) is 21.3. The van der Waals surface area contributed by atoms with Crippen LogP contribution in [0.25, 0.3) is 0 Å². The molecule has 1 aliphatic rings. The van der Waals surface area contributed by atoms with E-state index in [1.807, 2.05) is 0 Å². The molecular formula is C12H19N5O4. The Kier molecular flexibility index (Phi) is 5.50. The first-order valence-electron chi connectivity index (χ1n) is 6.88. The third-order valence-corrected chi connectivity index (χ3v) is 3.28. The Balaban J connectivity index is 1.61. The largest absolute Gasteiger partial charge is 0.476 e. The fourth-order valence-electron chi connectivity index (χ4n) is 2.04. The summed E-state index contributed by atoms with van der Waals surface area (Å²) in [5.74, 6) is -0.652. The van der Waals surface area contributed by atoms with Gasteiger partial charge in [0.2, 0.25) is 0 Å². The summed E-state index contributed by atoms with van der Waals surface area (Å²) in [6.07, 6.45) is 3.26. The minimum Gasteiger partial charge on any atom is -0.476 e. The lowest BCUT2D eigenvalue weighted by Crippen LogP contribution is -2.40. The van der Waals surface area contributed by atoms with E-state index in [1.54, 1.807) is 0 Å². The Bertz CT molecular complexity index is 484. The van der Waals surface area contributed by atoms with Crippen LogP contribution in [0.5, 0.6) is 0 Å². The number of hydrogen-bond donors (Lipinski definition) is 3. The Labute approximate surface area is 121 Å². The second kappa shape index (κ2) is 7.58. The summed E-state index contributed by atoms with van der Waals surface area (Å²) < 4.78 is 6.63. The Morgan fingerprint density at radius 1 is 1.38 bits per heavy atom. The maximum absolute atomic E-state index is 11.6. The summed E-state index contributed by atoms with van der Waals surface area (Å²) in [6.45, 7) is 2.87. The van der Waals surface area contributed by atoms with Crippen molar-refractivity contribution in [3.05, 3.63) is 11.9 Å². The van der Waals surface area contributed by atoms with Gasteiger partial charge in [0.1, 0.15) is 0 Å². The van der Waals surface area contributed by atoms with Crippen molar-refractivity contribution in [3.8, 4) is 0 Å². The summed E-state index contributed by atoms with van der Waals surface area (Å²) in [6, 6.07) is -0.236. The first-order chi connectivity index (χ1) is 10.1. The van der Waals surface area contributed by atoms with Gasteiger partial charge in [-0.1, -0.05) is 5.21 Å². The van der Waals surface area contributed by atoms with E-state index in [2.05, 4.69) is 20.9 Å². The van der Waals surface area contributed by atoms with Crippen LogP contribution >= 0.6 is 0 Å². The van der Waals surface area contributed by atoms with E-state index in [9.17, 15) is 9.59 Å². The van der Waals surface area contributed by atoms with Crippen LogP contribution in [0, 0.1) is 5.92 Å². The zero-order chi connectivity index (χ0) is 15.1. The summed E-state index contributed by atoms with van der Waals surface area (Å²) in [7, 11) is 0. The number of rotatable bonds is 6. The number of carboxylic acid groups (broad SMARTS) is 1. The zero-order valence-electron chi connectivity index (χ0n) is 11.6. The van der Waals surface area contributed by atoms with Crippen molar-refractivity contribution in [3.63, 3.8) is 0 Å². The first-order valence-corrected chi connectivity index (χ1v) is 6.88. The maximum atomic E-state index is 11.6. The molecule has 2 amide bonds. The van der Waals surface area contributed by atoms with Gasteiger partial charge in [-0.3, -0.25) is 0 Å². The van der Waals surface area contributed by atoms with Gasteiger partial charge in [-0.2, -0.15) is 0 Å². The number of aromatic carboxylic acids is 1. The highest BCUT2D eigenvalue weighted by Crippen LogP contribution is 2.12. The number of aromatic nitrogens is 3. The van der Waals surface area contributed by atoms with Crippen molar-refractivity contribution in [2.45, 2.75) is 19.4 Å². The molecule has 9 nitrogen and oxygen atoms in total. The Morgan fingerprint density at radius 3 is 2.81 bits per heavy atom. The first kappa shape index (κ1) is 15.2. The molecule has 0 saturated carbocycles. The van der Waals surface area contributed by atoms with Crippen LogP contribution < -0.4 is 10.6 Å². The third kappa shape index (κ3) is 5.03. The lowest BCUT2D eigenvalue weighted by molar-refractivity contribution is 0.0669. The topological polar surface area (TPSA) is 118 Å². The number of nitrogens with one attached hydrogen (secondary N) is 2. The van der Waals surface area contributed by atoms with Crippen molar-refractivity contribution in [1.82, 2.24) is 25.6 Å². The van der Waals surface area contributed by atoms with E-state index >= 15 is 0 Å². The van der Waals surface area contributed by atoms with Crippen LogP contribution in [0.15, 0.2) is 6.20 Å². The number of carbonyl (C=O) groups is 2. The van der Waals surface area contributed by atoms with Crippen molar-refractivity contribution in [2.75, 3.05) is 26.3 Å². The third-order valence-electron chi connectivity index (χ3n) is 3.28. The SMILES string of the molecule is O=C(NCCn1cc(C(=O)O)nn1)NCC1CCOCC1. The summed E-state index contributed by atoms with van der Waals surface area (Å²) >= 11 is 0. The molecule has 0 aliphatic carbocycles. The van der Waals surface area contributed by atoms with E-state index in [1.165, 1.54) is 10.9 Å². The minimum atomic E-state index is -1.12. The normalized spacial score (nSPS) is 15.6. The van der Waals surface area contributed by atoms with Crippen molar-refractivity contribution in [1.29, 1.82) is 0 Å². The Hall–Kier alpha value is -2.16. The molecule has 1 fully saturated rings. The van der Waals surface area contributed by atoms with Crippen LogP contribution in [0.1, 0.15) is 23.3 Å². The van der Waals surface area contributed by atoms with Crippen molar-refractivity contribution >= 4 is 12.0 Å². The fraction of sp³-hybridized carbons (Fsp3) is 0.667. The highest BCUT2D eigenvalue weighted by atomic mass is 16.5. The predicted molar refractivity (Wildman–Crippen MR) is 71.9 cm³/mol. The lowest BCUT2D eigenvalue weighted by atomic mass is 10.0. The quantitative estimate of drug-likeness (QED) is 0.663. The summed E-state index contributed by atoms with van der Waals surface area (Å²) in [5.41, 5.74) is -0.112. The van der Waals surface area contributed by atoms with E-state index in [0.717, 1.165) is 26.1 Å². The smallest absolute Gasteiger partial charge is 0.358 e. The molecule has 0 atom stereocenters. The molecule has 0 aromatic carbocycles. The molecule has 116 valence electrons. The molecule has 0 bridgehead atoms. The van der Waals surface area contributed by atoms with Crippen molar-refractivity contribution < 1.29 is 19.4 Å². The number of carbonyl (C=O) groups excluding carboxylic acids is 1. The van der Waals surface area contributed by atoms with Gasteiger partial charge in [0, 0.05) is 26.3 Å². The lowest BCUT2D eigenvalue weighted by Gasteiger charge is -2.22. The van der Waals surface area contributed by atoms with Crippen LogP contribution in [0.4, 0.5) is 4.79 Å². The number of amides is 2. The highest BCUT2D eigenvalue weighted by molar-refractivity contribution is 5.84. The fourth-order valence-corrected chi connectivity index (χ4v) is 2.04. The summed E-state index contributed by atoms with van der Waals surface area (Å²) in [4.78, 5) is 22.2. The molecule has 1 aromatic rings. The highest BCUT2D eigenvalue weighted by Gasteiger charge is 2.14. The van der Waals surface area contributed by atoms with Gasteiger partial charge in [0.15, 0.2) is 5.69 Å². The molecule has 1 aromatic heterocycles. The monoisotopic (exact) mass is 297 g/mol. The predicted octanol–water partition coefficient (Wildman–Crippen LogP) is -0.298.